The van der Waals surface area contributed by atoms with Crippen LogP contribution in [-0.2, 0) is 0 Å². The van der Waals surface area contributed by atoms with Crippen LogP contribution in [0.2, 0.25) is 0 Å². The van der Waals surface area contributed by atoms with Crippen LogP contribution in [0.3, 0.4) is 0 Å². The minimum Gasteiger partial charge on any atom is -0.345 e. The summed E-state index contributed by atoms with van der Waals surface area (Å²) in [6.45, 7) is 10.2. The topological polar surface area (TPSA) is 40.5 Å². The monoisotopic (exact) mass is 723 g/mol. The molecule has 0 fully saturated rings. The summed E-state index contributed by atoms with van der Waals surface area (Å²) in [7, 11) is 0. The van der Waals surface area contributed by atoms with E-state index in [0.29, 0.717) is 4.48 Å². The molecule has 3 nitrogen and oxygen atoms in total. The molecule has 0 saturated carbocycles. The van der Waals surface area contributed by atoms with Crippen molar-refractivity contribution < 1.29 is 14.7 Å². The quantitative estimate of drug-likeness (QED) is 0.0373. The third kappa shape index (κ3) is 34.1. The molecule has 0 aliphatic rings. The first-order valence-corrected chi connectivity index (χ1v) is 24.2. The van der Waals surface area contributed by atoms with Crippen LogP contribution in [0.25, 0.3) is 0 Å². The molecule has 308 valence electrons. The molecule has 0 radical (unpaired) electrons. The fourth-order valence-electron chi connectivity index (χ4n) is 8.49. The smallest absolute Gasteiger partial charge is 0.189 e. The molecule has 0 aromatic carbocycles. The van der Waals surface area contributed by atoms with Gasteiger partial charge in [-0.25, -0.2) is 0 Å². The van der Waals surface area contributed by atoms with Gasteiger partial charge in [-0.1, -0.05) is 245 Å². The number of unbranched alkanes of at least 4 members (excludes halogenated alkanes) is 38. The number of hydrogen-bond acceptors (Lipinski definition) is 2. The van der Waals surface area contributed by atoms with Gasteiger partial charge in [-0.2, -0.15) is 0 Å². The fraction of sp³-hybridized carbons (Fsp3) is 1.00. The van der Waals surface area contributed by atoms with Gasteiger partial charge in [0, 0.05) is 13.8 Å². The fourth-order valence-corrected chi connectivity index (χ4v) is 8.49. The number of hydrogen-bond donors (Lipinski definition) is 2. The first-order chi connectivity index (χ1) is 25.0. The second-order valence-corrected chi connectivity index (χ2v) is 17.2. The molecule has 2 N–H and O–H groups in total. The predicted molar refractivity (Wildman–Crippen MR) is 229 cm³/mol. The number of aliphatic hydroxyl groups excluding tert-OH is 2. The Bertz CT molecular complexity index is 581. The SMILES string of the molecule is CCCCCCCCCCCCCCCCCCCCCC[N+](CCCCCCCCCCCCCCCCCCCCCC)(C(C)O)C(C)O. The Hall–Kier alpha value is -0.120. The Morgan fingerprint density at radius 2 is 0.392 bits per heavy atom. The van der Waals surface area contributed by atoms with Crippen LogP contribution in [0.15, 0.2) is 0 Å². The molecule has 0 saturated heterocycles. The van der Waals surface area contributed by atoms with Gasteiger partial charge in [-0.15, -0.1) is 0 Å². The van der Waals surface area contributed by atoms with E-state index in [1.54, 1.807) is 0 Å². The van der Waals surface area contributed by atoms with Crippen LogP contribution < -0.4 is 0 Å². The second-order valence-electron chi connectivity index (χ2n) is 17.2. The molecule has 0 aliphatic heterocycles. The van der Waals surface area contributed by atoms with Crippen molar-refractivity contribution in [2.75, 3.05) is 13.1 Å². The van der Waals surface area contributed by atoms with Gasteiger partial charge in [0.1, 0.15) is 0 Å². The first-order valence-electron chi connectivity index (χ1n) is 24.2. The zero-order valence-corrected chi connectivity index (χ0v) is 36.2. The number of quaternary nitrogens is 1. The summed E-state index contributed by atoms with van der Waals surface area (Å²) in [4.78, 5) is 0. The maximum absolute atomic E-state index is 10.8. The Kier molecular flexibility index (Phi) is 41.0. The molecule has 0 spiro atoms. The first kappa shape index (κ1) is 50.9. The highest BCUT2D eigenvalue weighted by Crippen LogP contribution is 2.23. The van der Waals surface area contributed by atoms with E-state index in [9.17, 15) is 10.2 Å². The maximum Gasteiger partial charge on any atom is 0.189 e. The minimum absolute atomic E-state index is 0.470. The Balaban J connectivity index is 3.66. The molecule has 2 unspecified atom stereocenters. The lowest BCUT2D eigenvalue weighted by Crippen LogP contribution is -2.60. The van der Waals surface area contributed by atoms with Gasteiger partial charge in [0.05, 0.1) is 13.1 Å². The molecule has 0 aromatic heterocycles. The van der Waals surface area contributed by atoms with Gasteiger partial charge in [0.15, 0.2) is 12.5 Å². The number of rotatable bonds is 44. The van der Waals surface area contributed by atoms with Crippen molar-refractivity contribution in [3.05, 3.63) is 0 Å². The molecule has 3 heteroatoms. The highest BCUT2D eigenvalue weighted by atomic mass is 16.3. The summed E-state index contributed by atoms with van der Waals surface area (Å²) in [5.74, 6) is 0. The maximum atomic E-state index is 10.8. The van der Waals surface area contributed by atoms with Crippen molar-refractivity contribution >= 4 is 0 Å². The normalized spacial score (nSPS) is 13.3. The van der Waals surface area contributed by atoms with E-state index in [4.69, 9.17) is 0 Å². The Morgan fingerprint density at radius 1 is 0.255 bits per heavy atom. The summed E-state index contributed by atoms with van der Waals surface area (Å²) < 4.78 is 0.470. The van der Waals surface area contributed by atoms with Crippen molar-refractivity contribution in [1.82, 2.24) is 0 Å². The summed E-state index contributed by atoms with van der Waals surface area (Å²) in [6.07, 6.45) is 54.9. The van der Waals surface area contributed by atoms with Crippen LogP contribution in [-0.4, -0.2) is 40.2 Å². The van der Waals surface area contributed by atoms with Crippen LogP contribution in [0.5, 0.6) is 0 Å². The standard InChI is InChI=1S/C48H100NO2/c1-5-7-9-11-13-15-17-19-21-23-25-27-29-31-33-35-37-39-41-43-45-49(47(3)50,48(4)51)46-44-42-40-38-36-34-32-30-28-26-24-22-20-18-16-14-12-10-8-6-2/h47-48,50-51H,5-46H2,1-4H3/q+1. The van der Waals surface area contributed by atoms with E-state index in [2.05, 4.69) is 13.8 Å². The van der Waals surface area contributed by atoms with Crippen molar-refractivity contribution in [3.8, 4) is 0 Å². The molecule has 0 rings (SSSR count). The van der Waals surface area contributed by atoms with E-state index in [-0.39, 0.29) is 0 Å². The van der Waals surface area contributed by atoms with Crippen molar-refractivity contribution in [2.24, 2.45) is 0 Å². The Labute approximate surface area is 323 Å². The molecule has 2 atom stereocenters. The van der Waals surface area contributed by atoms with E-state index in [1.165, 1.54) is 244 Å². The van der Waals surface area contributed by atoms with E-state index >= 15 is 0 Å². The van der Waals surface area contributed by atoms with E-state index in [1.807, 2.05) is 13.8 Å². The average molecular weight is 723 g/mol. The summed E-state index contributed by atoms with van der Waals surface area (Å²) >= 11 is 0. The molecule has 0 aromatic rings. The van der Waals surface area contributed by atoms with Crippen LogP contribution in [0, 0.1) is 0 Å². The molecule has 0 bridgehead atoms. The van der Waals surface area contributed by atoms with Crippen LogP contribution >= 0.6 is 0 Å². The van der Waals surface area contributed by atoms with E-state index < -0.39 is 12.5 Å². The molecular formula is C48H100NO2+. The zero-order valence-electron chi connectivity index (χ0n) is 36.2. The summed E-state index contributed by atoms with van der Waals surface area (Å²) in [5.41, 5.74) is 0. The predicted octanol–water partition coefficient (Wildman–Crippen LogP) is 16.1. The van der Waals surface area contributed by atoms with Gasteiger partial charge in [0.2, 0.25) is 0 Å². The largest absolute Gasteiger partial charge is 0.345 e. The lowest BCUT2D eigenvalue weighted by atomic mass is 10.0. The van der Waals surface area contributed by atoms with Crippen molar-refractivity contribution in [1.29, 1.82) is 0 Å². The molecular weight excluding hydrogens is 623 g/mol. The van der Waals surface area contributed by atoms with Crippen molar-refractivity contribution in [3.63, 3.8) is 0 Å². The lowest BCUT2D eigenvalue weighted by molar-refractivity contribution is -1.01. The summed E-state index contributed by atoms with van der Waals surface area (Å²) in [6, 6.07) is 0. The average Bonchev–Trinajstić information content (AvgIpc) is 3.12. The van der Waals surface area contributed by atoms with Crippen LogP contribution in [0.4, 0.5) is 0 Å². The van der Waals surface area contributed by atoms with Gasteiger partial charge >= 0.3 is 0 Å². The van der Waals surface area contributed by atoms with Gasteiger partial charge in [-0.3, -0.25) is 4.48 Å². The van der Waals surface area contributed by atoms with Gasteiger partial charge < -0.3 is 10.2 Å². The lowest BCUT2D eigenvalue weighted by Gasteiger charge is -2.43. The molecule has 51 heavy (non-hydrogen) atoms. The van der Waals surface area contributed by atoms with Gasteiger partial charge in [0.25, 0.3) is 0 Å². The Morgan fingerprint density at radius 3 is 0.529 bits per heavy atom. The van der Waals surface area contributed by atoms with Crippen LogP contribution in [0.1, 0.15) is 285 Å². The third-order valence-corrected chi connectivity index (χ3v) is 12.3. The van der Waals surface area contributed by atoms with E-state index in [0.717, 1.165) is 25.9 Å². The highest BCUT2D eigenvalue weighted by Gasteiger charge is 2.36. The third-order valence-electron chi connectivity index (χ3n) is 12.3. The molecule has 0 heterocycles. The van der Waals surface area contributed by atoms with Crippen molar-refractivity contribution in [2.45, 2.75) is 297 Å². The van der Waals surface area contributed by atoms with Gasteiger partial charge in [-0.05, 0) is 25.7 Å². The molecule has 0 aliphatic carbocycles. The summed E-state index contributed by atoms with van der Waals surface area (Å²) in [5, 5.41) is 21.5. The number of aliphatic hydroxyl groups is 2. The highest BCUT2D eigenvalue weighted by molar-refractivity contribution is 4.55. The number of nitrogens with zero attached hydrogens (tertiary/aromatic N) is 1. The molecule has 0 amide bonds. The minimum atomic E-state index is -0.495. The zero-order chi connectivity index (χ0) is 37.4. The second kappa shape index (κ2) is 41.1.